The first-order chi connectivity index (χ1) is 10.1. The van der Waals surface area contributed by atoms with Gasteiger partial charge in [0.25, 0.3) is 11.1 Å². The van der Waals surface area contributed by atoms with Crippen LogP contribution in [0.2, 0.25) is 0 Å². The van der Waals surface area contributed by atoms with Gasteiger partial charge in [-0.1, -0.05) is 18.2 Å². The van der Waals surface area contributed by atoms with E-state index in [4.69, 9.17) is 0 Å². The van der Waals surface area contributed by atoms with Crippen LogP contribution in [0, 0.1) is 5.82 Å². The van der Waals surface area contributed by atoms with Crippen molar-refractivity contribution in [3.63, 3.8) is 0 Å². The predicted molar refractivity (Wildman–Crippen MR) is 82.2 cm³/mol. The van der Waals surface area contributed by atoms with Crippen LogP contribution in [0.15, 0.2) is 46.0 Å². The quantitative estimate of drug-likeness (QED) is 0.799. The molecule has 0 bridgehead atoms. The lowest BCUT2D eigenvalue weighted by Crippen LogP contribution is -2.27. The Labute approximate surface area is 129 Å². The molecule has 1 aromatic carbocycles. The maximum Gasteiger partial charge on any atom is 0.293 e. The molecule has 0 radical (unpaired) electrons. The normalized spacial score (nSPS) is 17.0. The van der Waals surface area contributed by atoms with E-state index in [-0.39, 0.29) is 17.7 Å². The maximum absolute atomic E-state index is 13.6. The van der Waals surface area contributed by atoms with E-state index in [2.05, 4.69) is 0 Å². The molecule has 0 unspecified atom stereocenters. The molecular formula is C15H10FNO2S2. The molecule has 0 saturated carbocycles. The first-order valence-electron chi connectivity index (χ1n) is 6.16. The number of carbonyl (C=O) groups is 2. The van der Waals surface area contributed by atoms with Crippen molar-refractivity contribution in [2.45, 2.75) is 6.54 Å². The third-order valence-electron chi connectivity index (χ3n) is 3.00. The number of hydrogen-bond donors (Lipinski definition) is 0. The zero-order valence-electron chi connectivity index (χ0n) is 10.8. The number of nitrogens with zero attached hydrogens (tertiary/aromatic N) is 1. The van der Waals surface area contributed by atoms with Crippen molar-refractivity contribution in [3.8, 4) is 0 Å². The second-order valence-electron chi connectivity index (χ2n) is 4.42. The lowest BCUT2D eigenvalue weighted by atomic mass is 10.2. The van der Waals surface area contributed by atoms with Crippen LogP contribution < -0.4 is 0 Å². The third-order valence-corrected chi connectivity index (χ3v) is 4.61. The van der Waals surface area contributed by atoms with E-state index in [1.165, 1.54) is 17.4 Å². The molecular weight excluding hydrogens is 309 g/mol. The molecule has 1 saturated heterocycles. The van der Waals surface area contributed by atoms with E-state index >= 15 is 0 Å². The first-order valence-corrected chi connectivity index (χ1v) is 7.92. The van der Waals surface area contributed by atoms with Crippen LogP contribution in [0.25, 0.3) is 6.08 Å². The molecule has 2 amide bonds. The summed E-state index contributed by atoms with van der Waals surface area (Å²) in [5.74, 6) is -0.794. The van der Waals surface area contributed by atoms with Crippen LogP contribution in [0.1, 0.15) is 11.1 Å². The lowest BCUT2D eigenvalue weighted by Gasteiger charge is -2.12. The molecule has 1 aliphatic heterocycles. The summed E-state index contributed by atoms with van der Waals surface area (Å²) < 4.78 is 13.6. The second kappa shape index (κ2) is 5.83. The van der Waals surface area contributed by atoms with Gasteiger partial charge in [-0.3, -0.25) is 14.5 Å². The van der Waals surface area contributed by atoms with Crippen LogP contribution in [0.4, 0.5) is 9.18 Å². The Kier molecular flexibility index (Phi) is 3.90. The molecule has 106 valence electrons. The highest BCUT2D eigenvalue weighted by Crippen LogP contribution is 2.33. The molecule has 3 nitrogen and oxygen atoms in total. The van der Waals surface area contributed by atoms with Gasteiger partial charge >= 0.3 is 0 Å². The van der Waals surface area contributed by atoms with Crippen molar-refractivity contribution >= 4 is 40.3 Å². The molecule has 21 heavy (non-hydrogen) atoms. The van der Waals surface area contributed by atoms with Gasteiger partial charge in [0.15, 0.2) is 0 Å². The summed E-state index contributed by atoms with van der Waals surface area (Å²) in [5.41, 5.74) is 1.22. The number of thiophene rings is 1. The van der Waals surface area contributed by atoms with Gasteiger partial charge in [0.05, 0.1) is 11.4 Å². The summed E-state index contributed by atoms with van der Waals surface area (Å²) in [4.78, 5) is 25.6. The lowest BCUT2D eigenvalue weighted by molar-refractivity contribution is -0.123. The van der Waals surface area contributed by atoms with Crippen molar-refractivity contribution < 1.29 is 14.0 Å². The van der Waals surface area contributed by atoms with Crippen LogP contribution in [0.3, 0.4) is 0 Å². The van der Waals surface area contributed by atoms with Crippen LogP contribution in [-0.2, 0) is 11.3 Å². The molecule has 1 aliphatic rings. The highest BCUT2D eigenvalue weighted by molar-refractivity contribution is 8.18. The second-order valence-corrected chi connectivity index (χ2v) is 6.19. The average Bonchev–Trinajstić information content (AvgIpc) is 3.05. The summed E-state index contributed by atoms with van der Waals surface area (Å²) in [6, 6.07) is 8.01. The van der Waals surface area contributed by atoms with Gasteiger partial charge < -0.3 is 0 Å². The molecule has 0 spiro atoms. The number of thioether (sulfide) groups is 1. The number of carbonyl (C=O) groups excluding carboxylic acids is 2. The molecule has 1 aromatic heterocycles. The minimum absolute atomic E-state index is 0.0433. The Morgan fingerprint density at radius 3 is 2.71 bits per heavy atom. The first kappa shape index (κ1) is 14.0. The number of benzene rings is 1. The third kappa shape index (κ3) is 2.91. The van der Waals surface area contributed by atoms with Gasteiger partial charge in [0.1, 0.15) is 5.82 Å². The number of hydrogen-bond acceptors (Lipinski definition) is 4. The van der Waals surface area contributed by atoms with Crippen molar-refractivity contribution in [1.82, 2.24) is 4.90 Å². The van der Waals surface area contributed by atoms with Crippen LogP contribution >= 0.6 is 23.1 Å². The fraction of sp³-hybridized carbons (Fsp3) is 0.0667. The molecule has 3 rings (SSSR count). The van der Waals surface area contributed by atoms with Gasteiger partial charge in [-0.05, 0) is 46.3 Å². The van der Waals surface area contributed by atoms with Crippen molar-refractivity contribution in [2.24, 2.45) is 0 Å². The number of halogens is 1. The maximum atomic E-state index is 13.6. The zero-order valence-corrected chi connectivity index (χ0v) is 12.4. The predicted octanol–water partition coefficient (Wildman–Crippen LogP) is 4.12. The summed E-state index contributed by atoms with van der Waals surface area (Å²) in [6.45, 7) is -0.0433. The number of imide groups is 1. The molecule has 1 fully saturated rings. The Morgan fingerprint density at radius 1 is 1.19 bits per heavy atom. The summed E-state index contributed by atoms with van der Waals surface area (Å²) in [5, 5.41) is 3.42. The topological polar surface area (TPSA) is 37.4 Å². The Bertz CT molecular complexity index is 725. The molecule has 6 heteroatoms. The van der Waals surface area contributed by atoms with Gasteiger partial charge in [0, 0.05) is 5.56 Å². The Morgan fingerprint density at radius 2 is 2.00 bits per heavy atom. The Balaban J connectivity index is 1.83. The van der Waals surface area contributed by atoms with Gasteiger partial charge in [0.2, 0.25) is 0 Å². The molecule has 0 N–H and O–H groups in total. The molecule has 0 aliphatic carbocycles. The standard InChI is InChI=1S/C15H10FNO2S2/c16-12-4-2-1-3-11(12)8-17-14(18)13(21-15(17)19)7-10-5-6-20-9-10/h1-7,9H,8H2/b13-7-. The van der Waals surface area contributed by atoms with Crippen molar-refractivity contribution in [1.29, 1.82) is 0 Å². The van der Waals surface area contributed by atoms with E-state index in [9.17, 15) is 14.0 Å². The van der Waals surface area contributed by atoms with E-state index in [1.807, 2.05) is 16.8 Å². The summed E-state index contributed by atoms with van der Waals surface area (Å²) in [6.07, 6.45) is 1.68. The highest BCUT2D eigenvalue weighted by Gasteiger charge is 2.35. The highest BCUT2D eigenvalue weighted by atomic mass is 32.2. The Hall–Kier alpha value is -1.92. The monoisotopic (exact) mass is 319 g/mol. The van der Waals surface area contributed by atoms with E-state index in [0.29, 0.717) is 10.5 Å². The summed E-state index contributed by atoms with van der Waals surface area (Å²) >= 11 is 2.40. The van der Waals surface area contributed by atoms with Crippen molar-refractivity contribution in [3.05, 3.63) is 62.9 Å². The van der Waals surface area contributed by atoms with Crippen LogP contribution in [0.5, 0.6) is 0 Å². The SMILES string of the molecule is O=C1S/C(=C\c2ccsc2)C(=O)N1Cc1ccccc1F. The van der Waals surface area contributed by atoms with Crippen molar-refractivity contribution in [2.75, 3.05) is 0 Å². The largest absolute Gasteiger partial charge is 0.293 e. The summed E-state index contributed by atoms with van der Waals surface area (Å²) in [7, 11) is 0. The fourth-order valence-corrected chi connectivity index (χ4v) is 3.40. The van der Waals surface area contributed by atoms with E-state index in [0.717, 1.165) is 22.2 Å². The smallest absolute Gasteiger partial charge is 0.268 e. The minimum atomic E-state index is -0.418. The molecule has 2 aromatic rings. The van der Waals surface area contributed by atoms with Gasteiger partial charge in [-0.25, -0.2) is 4.39 Å². The fourth-order valence-electron chi connectivity index (χ4n) is 1.94. The van der Waals surface area contributed by atoms with E-state index in [1.54, 1.807) is 24.3 Å². The van der Waals surface area contributed by atoms with Crippen LogP contribution in [-0.4, -0.2) is 16.0 Å². The average molecular weight is 319 g/mol. The molecule has 2 heterocycles. The number of amides is 2. The molecule has 0 atom stereocenters. The van der Waals surface area contributed by atoms with Gasteiger partial charge in [-0.15, -0.1) is 0 Å². The number of rotatable bonds is 3. The van der Waals surface area contributed by atoms with Gasteiger partial charge in [-0.2, -0.15) is 11.3 Å². The van der Waals surface area contributed by atoms with E-state index < -0.39 is 5.82 Å². The zero-order chi connectivity index (χ0) is 14.8. The minimum Gasteiger partial charge on any atom is -0.268 e.